The highest BCUT2D eigenvalue weighted by Gasteiger charge is 2.57. The number of benzene rings is 1. The lowest BCUT2D eigenvalue weighted by Gasteiger charge is -2.39. The summed E-state index contributed by atoms with van der Waals surface area (Å²) >= 11 is 0. The number of hydrogen-bond acceptors (Lipinski definition) is 8. The van der Waals surface area contributed by atoms with Gasteiger partial charge in [0, 0.05) is 11.5 Å². The van der Waals surface area contributed by atoms with E-state index in [1.54, 1.807) is 58.0 Å². The molecule has 0 aromatic heterocycles. The molecule has 1 N–H and O–H groups in total. The Bertz CT molecular complexity index is 843. The van der Waals surface area contributed by atoms with Crippen molar-refractivity contribution in [3.63, 3.8) is 0 Å². The van der Waals surface area contributed by atoms with Gasteiger partial charge in [-0.05, 0) is 59.1 Å². The lowest BCUT2D eigenvalue weighted by molar-refractivity contribution is -0.120. The van der Waals surface area contributed by atoms with E-state index in [1.807, 2.05) is 13.8 Å². The van der Waals surface area contributed by atoms with E-state index >= 15 is 0 Å². The minimum absolute atomic E-state index is 0.0154. The number of hydrogen-bond donors (Lipinski definition) is 1. The fourth-order valence-electron chi connectivity index (χ4n) is 4.04. The molecule has 1 amide bonds. The Morgan fingerprint density at radius 1 is 0.829 bits per heavy atom. The van der Waals surface area contributed by atoms with Gasteiger partial charge in [0.1, 0.15) is 0 Å². The van der Waals surface area contributed by atoms with Gasteiger partial charge in [-0.15, -0.1) is 0 Å². The number of rotatable bonds is 17. The summed E-state index contributed by atoms with van der Waals surface area (Å²) < 4.78 is 50.9. The molecule has 9 nitrogen and oxygen atoms in total. The number of Topliss-reactive ketones (excluding diaryl/α,β-unsaturated/α-hetero) is 1. The smallest absolute Gasteiger partial charge is 0.342 e. The second kappa shape index (κ2) is 15.0. The van der Waals surface area contributed by atoms with Crippen LogP contribution >= 0.6 is 15.2 Å². The molecular formula is C24H41NO8P2. The van der Waals surface area contributed by atoms with Crippen molar-refractivity contribution in [2.45, 2.75) is 66.3 Å². The van der Waals surface area contributed by atoms with Gasteiger partial charge in [-0.2, -0.15) is 0 Å². The van der Waals surface area contributed by atoms with Crippen molar-refractivity contribution in [3.05, 3.63) is 35.9 Å². The van der Waals surface area contributed by atoms with Crippen molar-refractivity contribution in [2.75, 3.05) is 26.4 Å². The predicted octanol–water partition coefficient (Wildman–Crippen LogP) is 5.89. The Labute approximate surface area is 209 Å². The quantitative estimate of drug-likeness (QED) is 0.246. The van der Waals surface area contributed by atoms with Crippen LogP contribution in [0.25, 0.3) is 0 Å². The number of nitrogens with one attached hydrogen (secondary N) is 1. The molecule has 0 bridgehead atoms. The minimum atomic E-state index is -4.15. The zero-order valence-corrected chi connectivity index (χ0v) is 23.7. The van der Waals surface area contributed by atoms with Crippen LogP contribution in [0.15, 0.2) is 30.3 Å². The van der Waals surface area contributed by atoms with Crippen LogP contribution in [0.5, 0.6) is 0 Å². The molecule has 1 aromatic rings. The molecule has 0 heterocycles. The molecule has 0 radical (unpaired) electrons. The highest BCUT2D eigenvalue weighted by atomic mass is 31.2. The zero-order chi connectivity index (χ0) is 26.6. The summed E-state index contributed by atoms with van der Waals surface area (Å²) in [4.78, 5) is 26.0. The maximum Gasteiger partial charge on any atom is 0.346 e. The topological polar surface area (TPSA) is 117 Å². The molecule has 200 valence electrons. The van der Waals surface area contributed by atoms with E-state index in [2.05, 4.69) is 5.32 Å². The van der Waals surface area contributed by atoms with Crippen LogP contribution in [-0.4, -0.2) is 49.6 Å². The molecule has 0 saturated carbocycles. The van der Waals surface area contributed by atoms with E-state index < -0.39 is 38.5 Å². The van der Waals surface area contributed by atoms with Crippen molar-refractivity contribution in [1.29, 1.82) is 0 Å². The van der Waals surface area contributed by atoms with E-state index in [0.29, 0.717) is 5.56 Å². The number of ketones is 1. The number of amides is 1. The number of carbonyl (C=O) groups is 2. The molecule has 0 aliphatic carbocycles. The monoisotopic (exact) mass is 533 g/mol. The molecule has 0 unspecified atom stereocenters. The van der Waals surface area contributed by atoms with Gasteiger partial charge in [-0.3, -0.25) is 18.7 Å². The first-order chi connectivity index (χ1) is 16.5. The molecule has 1 aromatic carbocycles. The first-order valence-corrected chi connectivity index (χ1v) is 15.4. The largest absolute Gasteiger partial charge is 0.346 e. The van der Waals surface area contributed by atoms with E-state index in [0.717, 1.165) is 0 Å². The highest BCUT2D eigenvalue weighted by Crippen LogP contribution is 2.73. The maximum atomic E-state index is 14.2. The average molecular weight is 534 g/mol. The van der Waals surface area contributed by atoms with Gasteiger partial charge in [0.2, 0.25) is 0 Å². The van der Waals surface area contributed by atoms with Crippen LogP contribution < -0.4 is 5.32 Å². The molecule has 35 heavy (non-hydrogen) atoms. The van der Waals surface area contributed by atoms with Crippen LogP contribution in [0.4, 0.5) is 0 Å². The third-order valence-electron chi connectivity index (χ3n) is 5.20. The summed E-state index contributed by atoms with van der Waals surface area (Å²) in [5, 5.41) is 1.35. The third-order valence-corrected chi connectivity index (χ3v) is 11.4. The maximum absolute atomic E-state index is 14.2. The Balaban J connectivity index is 3.77. The van der Waals surface area contributed by atoms with E-state index in [4.69, 9.17) is 18.1 Å². The van der Waals surface area contributed by atoms with Crippen LogP contribution in [0.1, 0.15) is 65.2 Å². The first kappa shape index (κ1) is 31.7. The Morgan fingerprint density at radius 2 is 1.26 bits per heavy atom. The number of carbonyl (C=O) groups excluding carboxylic acids is 2. The van der Waals surface area contributed by atoms with Crippen molar-refractivity contribution in [2.24, 2.45) is 11.8 Å². The molecular weight excluding hydrogens is 492 g/mol. The van der Waals surface area contributed by atoms with Crippen LogP contribution in [0.2, 0.25) is 0 Å². The molecule has 11 heteroatoms. The lowest BCUT2D eigenvalue weighted by Crippen LogP contribution is -2.49. The van der Waals surface area contributed by atoms with Gasteiger partial charge in [-0.1, -0.05) is 32.0 Å². The summed E-state index contributed by atoms with van der Waals surface area (Å²) in [6.07, 6.45) is 0.276. The Hall–Kier alpha value is -1.34. The zero-order valence-electron chi connectivity index (χ0n) is 21.9. The normalized spacial score (nSPS) is 14.2. The SMILES string of the molecule is CCOP(=O)(OCC)C([C@H](CC(C)C)[C@H](NC(=O)c1ccccc1)C(C)=O)P(=O)(OCC)OCC. The van der Waals surface area contributed by atoms with Crippen LogP contribution in [0.3, 0.4) is 0 Å². The second-order valence-electron chi connectivity index (χ2n) is 8.39. The standard InChI is InChI=1S/C24H41NO8P2/c1-8-30-34(28,31-9-2)24(35(29,32-10-3)33-11-4)21(17-18(5)6)22(19(7)26)25-23(27)20-15-13-12-14-16-20/h12-16,18,21-22,24H,8-11,17H2,1-7H3,(H,25,27)/t21-,22-/m1/s1. The highest BCUT2D eigenvalue weighted by molar-refractivity contribution is 7.72. The molecule has 0 saturated heterocycles. The minimum Gasteiger partial charge on any atom is -0.342 e. The molecule has 0 aliphatic rings. The molecule has 2 atom stereocenters. The van der Waals surface area contributed by atoms with Gasteiger partial charge in [-0.25, -0.2) is 0 Å². The summed E-state index contributed by atoms with van der Waals surface area (Å²) in [6, 6.07) is 7.30. The van der Waals surface area contributed by atoms with Crippen molar-refractivity contribution >= 4 is 26.9 Å². The molecule has 1 rings (SSSR count). The van der Waals surface area contributed by atoms with E-state index in [1.165, 1.54) is 6.92 Å². The summed E-state index contributed by atoms with van der Waals surface area (Å²) in [5.41, 5.74) is 0.356. The second-order valence-corrected chi connectivity index (χ2v) is 13.1. The van der Waals surface area contributed by atoms with Gasteiger partial charge < -0.3 is 23.4 Å². The Morgan fingerprint density at radius 3 is 1.60 bits per heavy atom. The fourth-order valence-corrected chi connectivity index (χ4v) is 9.95. The predicted molar refractivity (Wildman–Crippen MR) is 137 cm³/mol. The lowest BCUT2D eigenvalue weighted by atomic mass is 9.89. The van der Waals surface area contributed by atoms with Gasteiger partial charge >= 0.3 is 15.2 Å². The molecule has 0 spiro atoms. The Kier molecular flexibility index (Phi) is 13.6. The van der Waals surface area contributed by atoms with Gasteiger partial charge in [0.15, 0.2) is 11.2 Å². The first-order valence-electron chi connectivity index (χ1n) is 12.1. The van der Waals surface area contributed by atoms with Gasteiger partial charge in [0.05, 0.1) is 32.5 Å². The summed E-state index contributed by atoms with van der Waals surface area (Å²) in [6.45, 7) is 11.8. The van der Waals surface area contributed by atoms with Crippen molar-refractivity contribution < 1.29 is 36.8 Å². The van der Waals surface area contributed by atoms with Crippen LogP contribution in [0, 0.1) is 11.8 Å². The van der Waals surface area contributed by atoms with Crippen molar-refractivity contribution in [1.82, 2.24) is 5.32 Å². The van der Waals surface area contributed by atoms with E-state index in [-0.39, 0.29) is 44.5 Å². The summed E-state index contributed by atoms with van der Waals surface area (Å²) in [7, 11) is -8.30. The average Bonchev–Trinajstić information content (AvgIpc) is 2.77. The van der Waals surface area contributed by atoms with Gasteiger partial charge in [0.25, 0.3) is 5.91 Å². The van der Waals surface area contributed by atoms with Crippen LogP contribution in [-0.2, 0) is 32.0 Å². The molecule has 0 aliphatic heterocycles. The molecule has 0 fully saturated rings. The summed E-state index contributed by atoms with van der Waals surface area (Å²) in [5.74, 6) is -1.81. The van der Waals surface area contributed by atoms with Crippen molar-refractivity contribution in [3.8, 4) is 0 Å². The fraction of sp³-hybridized carbons (Fsp3) is 0.667. The van der Waals surface area contributed by atoms with E-state index in [9.17, 15) is 18.7 Å². The third kappa shape index (κ3) is 8.92.